The fourth-order valence-electron chi connectivity index (χ4n) is 2.66. The first-order chi connectivity index (χ1) is 12.9. The summed E-state index contributed by atoms with van der Waals surface area (Å²) < 4.78 is 0. The average molecular weight is 367 g/mol. The van der Waals surface area contributed by atoms with Crippen molar-refractivity contribution in [2.75, 3.05) is 25.5 Å². The minimum Gasteiger partial charge on any atom is -0.355 e. The molecular weight excluding hydrogens is 338 g/mol. The smallest absolute Gasteiger partial charge is 0.255 e. The highest BCUT2D eigenvalue weighted by atomic mass is 16.2. The average Bonchev–Trinajstić information content (AvgIpc) is 2.66. The quantitative estimate of drug-likeness (QED) is 0.748. The van der Waals surface area contributed by atoms with Crippen molar-refractivity contribution in [3.05, 3.63) is 65.7 Å². The molecule has 2 amide bonds. The van der Waals surface area contributed by atoms with Gasteiger partial charge in [0.2, 0.25) is 5.91 Å². The third-order valence-corrected chi connectivity index (χ3v) is 4.42. The largest absolute Gasteiger partial charge is 0.355 e. The minimum absolute atomic E-state index is 0.0200. The molecule has 0 aliphatic rings. The second-order valence-electron chi connectivity index (χ2n) is 7.23. The first-order valence-corrected chi connectivity index (χ1v) is 9.30. The predicted molar refractivity (Wildman–Crippen MR) is 110 cm³/mol. The lowest BCUT2D eigenvalue weighted by Crippen LogP contribution is -2.37. The molecule has 27 heavy (non-hydrogen) atoms. The molecule has 2 aromatic carbocycles. The monoisotopic (exact) mass is 367 g/mol. The number of carbonyl (C=O) groups excluding carboxylic acids is 2. The normalized spacial score (nSPS) is 12.1. The van der Waals surface area contributed by atoms with Gasteiger partial charge in [0.15, 0.2) is 0 Å². The molecular formula is C22H29N3O2. The van der Waals surface area contributed by atoms with Gasteiger partial charge in [-0.3, -0.25) is 14.5 Å². The second-order valence-corrected chi connectivity index (χ2v) is 7.23. The molecule has 2 aromatic rings. The lowest BCUT2D eigenvalue weighted by molar-refractivity contribution is -0.122. The van der Waals surface area contributed by atoms with Gasteiger partial charge in [-0.2, -0.15) is 0 Å². The van der Waals surface area contributed by atoms with E-state index in [0.29, 0.717) is 24.6 Å². The standard InChI is InChI=1S/C22H29N3O2/c1-16(2)14-23-21(26)15-25(4)17(3)19-11-8-12-20(13-19)24-22(27)18-9-6-5-7-10-18/h5-13,16-17H,14-15H2,1-4H3,(H,23,26)(H,24,27)/t17-/m1/s1. The predicted octanol–water partition coefficient (Wildman–Crippen LogP) is 3.70. The third-order valence-electron chi connectivity index (χ3n) is 4.42. The molecule has 0 unspecified atom stereocenters. The molecule has 0 radical (unpaired) electrons. The summed E-state index contributed by atoms with van der Waals surface area (Å²) in [5.41, 5.74) is 2.40. The van der Waals surface area contributed by atoms with Crippen LogP contribution in [0.5, 0.6) is 0 Å². The van der Waals surface area contributed by atoms with Gasteiger partial charge in [-0.25, -0.2) is 0 Å². The summed E-state index contributed by atoms with van der Waals surface area (Å²) in [6.07, 6.45) is 0. The number of carbonyl (C=O) groups is 2. The Morgan fingerprint density at radius 2 is 1.70 bits per heavy atom. The zero-order chi connectivity index (χ0) is 19.8. The van der Waals surface area contributed by atoms with Gasteiger partial charge in [0.25, 0.3) is 5.91 Å². The minimum atomic E-state index is -0.137. The van der Waals surface area contributed by atoms with Gasteiger partial charge >= 0.3 is 0 Å². The molecule has 0 bridgehead atoms. The maximum Gasteiger partial charge on any atom is 0.255 e. The topological polar surface area (TPSA) is 61.4 Å². The van der Waals surface area contributed by atoms with E-state index in [1.807, 2.05) is 61.3 Å². The number of likely N-dealkylation sites (N-methyl/N-ethyl adjacent to an activating group) is 1. The molecule has 5 nitrogen and oxygen atoms in total. The van der Waals surface area contributed by atoms with Gasteiger partial charge < -0.3 is 10.6 Å². The van der Waals surface area contributed by atoms with Crippen molar-refractivity contribution in [3.8, 4) is 0 Å². The van der Waals surface area contributed by atoms with Crippen molar-refractivity contribution in [3.63, 3.8) is 0 Å². The molecule has 1 atom stereocenters. The summed E-state index contributed by atoms with van der Waals surface area (Å²) >= 11 is 0. The van der Waals surface area contributed by atoms with Crippen LogP contribution in [-0.2, 0) is 4.79 Å². The molecule has 0 aliphatic heterocycles. The van der Waals surface area contributed by atoms with Crippen LogP contribution in [0.25, 0.3) is 0 Å². The summed E-state index contributed by atoms with van der Waals surface area (Å²) in [5, 5.41) is 5.87. The van der Waals surface area contributed by atoms with Gasteiger partial charge in [0.05, 0.1) is 6.54 Å². The highest BCUT2D eigenvalue weighted by Crippen LogP contribution is 2.22. The van der Waals surface area contributed by atoms with Crippen LogP contribution in [0.4, 0.5) is 5.69 Å². The van der Waals surface area contributed by atoms with E-state index in [9.17, 15) is 9.59 Å². The molecule has 2 rings (SSSR count). The first-order valence-electron chi connectivity index (χ1n) is 9.30. The molecule has 144 valence electrons. The Hall–Kier alpha value is -2.66. The Morgan fingerprint density at radius 1 is 1.00 bits per heavy atom. The first kappa shape index (κ1) is 20.6. The summed E-state index contributed by atoms with van der Waals surface area (Å²) in [5.74, 6) is 0.315. The van der Waals surface area contributed by atoms with E-state index in [1.165, 1.54) is 0 Å². The highest BCUT2D eigenvalue weighted by Gasteiger charge is 2.16. The molecule has 0 heterocycles. The van der Waals surface area contributed by atoms with Gasteiger partial charge in [-0.15, -0.1) is 0 Å². The van der Waals surface area contributed by atoms with E-state index in [2.05, 4.69) is 24.5 Å². The van der Waals surface area contributed by atoms with Crippen molar-refractivity contribution < 1.29 is 9.59 Å². The number of hydrogen-bond donors (Lipinski definition) is 2. The van der Waals surface area contributed by atoms with Crippen molar-refractivity contribution in [1.82, 2.24) is 10.2 Å². The summed E-state index contributed by atoms with van der Waals surface area (Å²) in [4.78, 5) is 26.4. The Labute approximate surface area is 161 Å². The Morgan fingerprint density at radius 3 is 2.37 bits per heavy atom. The van der Waals surface area contributed by atoms with Crippen LogP contribution in [0.15, 0.2) is 54.6 Å². The maximum absolute atomic E-state index is 12.3. The van der Waals surface area contributed by atoms with E-state index in [4.69, 9.17) is 0 Å². The molecule has 0 aromatic heterocycles. The van der Waals surface area contributed by atoms with Crippen LogP contribution in [0.3, 0.4) is 0 Å². The Bertz CT molecular complexity index is 759. The number of nitrogens with zero attached hydrogens (tertiary/aromatic N) is 1. The lowest BCUT2D eigenvalue weighted by Gasteiger charge is -2.25. The zero-order valence-corrected chi connectivity index (χ0v) is 16.5. The number of hydrogen-bond acceptors (Lipinski definition) is 3. The molecule has 0 spiro atoms. The highest BCUT2D eigenvalue weighted by molar-refractivity contribution is 6.04. The van der Waals surface area contributed by atoms with Crippen LogP contribution in [0, 0.1) is 5.92 Å². The molecule has 0 saturated heterocycles. The molecule has 0 saturated carbocycles. The number of amides is 2. The van der Waals surface area contributed by atoms with Gasteiger partial charge in [-0.05, 0) is 49.7 Å². The molecule has 0 fully saturated rings. The van der Waals surface area contributed by atoms with Crippen molar-refractivity contribution in [2.45, 2.75) is 26.8 Å². The van der Waals surface area contributed by atoms with Crippen LogP contribution >= 0.6 is 0 Å². The number of nitrogens with one attached hydrogen (secondary N) is 2. The van der Waals surface area contributed by atoms with Crippen LogP contribution < -0.4 is 10.6 Å². The molecule has 5 heteroatoms. The number of rotatable bonds is 8. The Kier molecular flexibility index (Phi) is 7.55. The van der Waals surface area contributed by atoms with Crippen molar-refractivity contribution >= 4 is 17.5 Å². The fraction of sp³-hybridized carbons (Fsp3) is 0.364. The van der Waals surface area contributed by atoms with Gasteiger partial charge in [-0.1, -0.05) is 44.2 Å². The molecule has 0 aliphatic carbocycles. The zero-order valence-electron chi connectivity index (χ0n) is 16.5. The number of benzene rings is 2. The lowest BCUT2D eigenvalue weighted by atomic mass is 10.1. The van der Waals surface area contributed by atoms with Crippen LogP contribution in [0.2, 0.25) is 0 Å². The van der Waals surface area contributed by atoms with E-state index in [0.717, 1.165) is 11.3 Å². The van der Waals surface area contributed by atoms with E-state index in [1.54, 1.807) is 12.1 Å². The SMILES string of the molecule is CC(C)CNC(=O)CN(C)[C@H](C)c1cccc(NC(=O)c2ccccc2)c1. The number of anilines is 1. The summed E-state index contributed by atoms with van der Waals surface area (Å²) in [6.45, 7) is 7.20. The van der Waals surface area contributed by atoms with Crippen LogP contribution in [-0.4, -0.2) is 36.9 Å². The van der Waals surface area contributed by atoms with Gasteiger partial charge in [0, 0.05) is 23.8 Å². The van der Waals surface area contributed by atoms with Crippen LogP contribution in [0.1, 0.15) is 42.7 Å². The summed E-state index contributed by atoms with van der Waals surface area (Å²) in [6, 6.07) is 16.9. The third kappa shape index (κ3) is 6.53. The fourth-order valence-corrected chi connectivity index (χ4v) is 2.66. The van der Waals surface area contributed by atoms with E-state index >= 15 is 0 Å². The Balaban J connectivity index is 1.99. The maximum atomic E-state index is 12.3. The summed E-state index contributed by atoms with van der Waals surface area (Å²) in [7, 11) is 1.93. The second kappa shape index (κ2) is 9.88. The van der Waals surface area contributed by atoms with E-state index < -0.39 is 0 Å². The molecule has 2 N–H and O–H groups in total. The van der Waals surface area contributed by atoms with Crippen molar-refractivity contribution in [1.29, 1.82) is 0 Å². The van der Waals surface area contributed by atoms with E-state index in [-0.39, 0.29) is 17.9 Å². The van der Waals surface area contributed by atoms with Crippen molar-refractivity contribution in [2.24, 2.45) is 5.92 Å². The van der Waals surface area contributed by atoms with Gasteiger partial charge in [0.1, 0.15) is 0 Å².